The minimum Gasteiger partial charge on any atom is -0.237 e. The van der Waals surface area contributed by atoms with Crippen LogP contribution in [0.4, 0.5) is 0 Å². The van der Waals surface area contributed by atoms with Crippen LogP contribution in [0.25, 0.3) is 22.4 Å². The van der Waals surface area contributed by atoms with Crippen LogP contribution >= 0.6 is 34.5 Å². The summed E-state index contributed by atoms with van der Waals surface area (Å²) in [6.07, 6.45) is 3.88. The van der Waals surface area contributed by atoms with Crippen LogP contribution in [0.15, 0.2) is 30.3 Å². The molecule has 0 aliphatic carbocycles. The molecule has 0 spiro atoms. The molecule has 1 heterocycles. The van der Waals surface area contributed by atoms with Crippen LogP contribution in [-0.2, 0) is 0 Å². The number of halogens is 2. The van der Waals surface area contributed by atoms with Crippen LogP contribution in [0.2, 0.25) is 10.0 Å². The van der Waals surface area contributed by atoms with E-state index in [-0.39, 0.29) is 0 Å². The lowest BCUT2D eigenvalue weighted by Crippen LogP contribution is -1.79. The molecule has 0 saturated carbocycles. The summed E-state index contributed by atoms with van der Waals surface area (Å²) in [4.78, 5) is 4.63. The molecule has 0 N–H and O–H groups in total. The maximum Gasteiger partial charge on any atom is 0.117 e. The zero-order valence-corrected chi connectivity index (χ0v) is 14.0. The number of benzene rings is 2. The maximum absolute atomic E-state index is 6.16. The molecule has 0 radical (unpaired) electrons. The van der Waals surface area contributed by atoms with Crippen molar-refractivity contribution >= 4 is 56.9 Å². The second kappa shape index (κ2) is 5.80. The van der Waals surface area contributed by atoms with Gasteiger partial charge < -0.3 is 0 Å². The lowest BCUT2D eigenvalue weighted by molar-refractivity contribution is 1.35. The Morgan fingerprint density at radius 2 is 1.67 bits per heavy atom. The standard InChI is InChI=1S/C17H13Cl2NS/c1-10-8-15-16(9-11(10)2)21-17(20-15)7-6-12-13(18)4-3-5-14(12)19/h3-9H,1-2H3. The molecule has 4 heteroatoms. The summed E-state index contributed by atoms with van der Waals surface area (Å²) in [6.45, 7) is 4.22. The minimum absolute atomic E-state index is 0.645. The number of fused-ring (bicyclic) bond motifs is 1. The number of aryl methyl sites for hydroxylation is 2. The highest BCUT2D eigenvalue weighted by Crippen LogP contribution is 2.29. The number of rotatable bonds is 2. The molecule has 0 amide bonds. The molecule has 106 valence electrons. The molecule has 2 aromatic carbocycles. The number of hydrogen-bond donors (Lipinski definition) is 0. The molecule has 0 bridgehead atoms. The van der Waals surface area contributed by atoms with E-state index in [9.17, 15) is 0 Å². The topological polar surface area (TPSA) is 12.9 Å². The molecular formula is C17H13Cl2NS. The van der Waals surface area contributed by atoms with Crippen molar-refractivity contribution in [3.05, 3.63) is 62.1 Å². The fourth-order valence-electron chi connectivity index (χ4n) is 2.09. The van der Waals surface area contributed by atoms with E-state index in [2.05, 4.69) is 31.0 Å². The van der Waals surface area contributed by atoms with Gasteiger partial charge in [-0.15, -0.1) is 11.3 Å². The third-order valence-corrected chi connectivity index (χ3v) is 5.06. The van der Waals surface area contributed by atoms with E-state index in [1.54, 1.807) is 11.3 Å². The summed E-state index contributed by atoms with van der Waals surface area (Å²) in [7, 11) is 0. The van der Waals surface area contributed by atoms with E-state index in [1.165, 1.54) is 15.8 Å². The van der Waals surface area contributed by atoms with Gasteiger partial charge in [0.2, 0.25) is 0 Å². The Hall–Kier alpha value is -1.35. The van der Waals surface area contributed by atoms with Crippen molar-refractivity contribution < 1.29 is 0 Å². The van der Waals surface area contributed by atoms with Crippen LogP contribution in [0.5, 0.6) is 0 Å². The Kier molecular flexibility index (Phi) is 4.03. The van der Waals surface area contributed by atoms with Gasteiger partial charge in [-0.25, -0.2) is 4.98 Å². The first-order valence-electron chi connectivity index (χ1n) is 6.54. The second-order valence-corrected chi connectivity index (χ2v) is 6.80. The van der Waals surface area contributed by atoms with Crippen molar-refractivity contribution in [2.24, 2.45) is 0 Å². The number of hydrogen-bond acceptors (Lipinski definition) is 2. The molecule has 21 heavy (non-hydrogen) atoms. The van der Waals surface area contributed by atoms with E-state index < -0.39 is 0 Å². The van der Waals surface area contributed by atoms with Crippen LogP contribution in [0, 0.1) is 13.8 Å². The van der Waals surface area contributed by atoms with E-state index >= 15 is 0 Å². The average molecular weight is 334 g/mol. The molecule has 0 aliphatic heterocycles. The van der Waals surface area contributed by atoms with Crippen molar-refractivity contribution in [1.82, 2.24) is 4.98 Å². The highest BCUT2D eigenvalue weighted by Gasteiger charge is 2.05. The van der Waals surface area contributed by atoms with E-state index in [0.717, 1.165) is 16.1 Å². The first-order chi connectivity index (χ1) is 10.0. The smallest absolute Gasteiger partial charge is 0.117 e. The Balaban J connectivity index is 2.00. The zero-order chi connectivity index (χ0) is 15.0. The van der Waals surface area contributed by atoms with Gasteiger partial charge in [0.15, 0.2) is 0 Å². The molecule has 0 aliphatic rings. The van der Waals surface area contributed by atoms with Gasteiger partial charge in [-0.3, -0.25) is 0 Å². The molecule has 0 saturated heterocycles. The van der Waals surface area contributed by atoms with Crippen molar-refractivity contribution in [3.8, 4) is 0 Å². The summed E-state index contributed by atoms with van der Waals surface area (Å²) in [5.41, 5.74) is 4.41. The molecule has 1 nitrogen and oxygen atoms in total. The molecule has 0 atom stereocenters. The van der Waals surface area contributed by atoms with E-state index in [0.29, 0.717) is 10.0 Å². The molecule has 3 aromatic rings. The Bertz CT molecular complexity index is 790. The third kappa shape index (κ3) is 2.98. The normalized spacial score (nSPS) is 11.6. The lowest BCUT2D eigenvalue weighted by atomic mass is 10.1. The van der Waals surface area contributed by atoms with Gasteiger partial charge in [-0.05, 0) is 61.4 Å². The summed E-state index contributed by atoms with van der Waals surface area (Å²) >= 11 is 14.0. The first-order valence-corrected chi connectivity index (χ1v) is 8.12. The minimum atomic E-state index is 0.645. The van der Waals surface area contributed by atoms with Crippen LogP contribution in [0.1, 0.15) is 21.7 Å². The molecule has 3 rings (SSSR count). The van der Waals surface area contributed by atoms with Crippen molar-refractivity contribution in [2.75, 3.05) is 0 Å². The van der Waals surface area contributed by atoms with Gasteiger partial charge >= 0.3 is 0 Å². The van der Waals surface area contributed by atoms with Gasteiger partial charge in [-0.2, -0.15) is 0 Å². The van der Waals surface area contributed by atoms with Gasteiger partial charge in [0.05, 0.1) is 10.2 Å². The van der Waals surface area contributed by atoms with Gasteiger partial charge in [0, 0.05) is 15.6 Å². The number of aromatic nitrogens is 1. The molecular weight excluding hydrogens is 321 g/mol. The van der Waals surface area contributed by atoms with Crippen LogP contribution < -0.4 is 0 Å². The van der Waals surface area contributed by atoms with Crippen LogP contribution in [0.3, 0.4) is 0 Å². The van der Waals surface area contributed by atoms with Crippen LogP contribution in [-0.4, -0.2) is 4.98 Å². The van der Waals surface area contributed by atoms with Gasteiger partial charge in [-0.1, -0.05) is 29.3 Å². The molecule has 1 aromatic heterocycles. The van der Waals surface area contributed by atoms with Crippen molar-refractivity contribution in [1.29, 1.82) is 0 Å². The lowest BCUT2D eigenvalue weighted by Gasteiger charge is -1.99. The van der Waals surface area contributed by atoms with Crippen molar-refractivity contribution in [3.63, 3.8) is 0 Å². The highest BCUT2D eigenvalue weighted by molar-refractivity contribution is 7.19. The largest absolute Gasteiger partial charge is 0.237 e. The Labute approximate surface area is 137 Å². The molecule has 0 unspecified atom stereocenters. The fourth-order valence-corrected chi connectivity index (χ4v) is 3.57. The zero-order valence-electron chi connectivity index (χ0n) is 11.7. The monoisotopic (exact) mass is 333 g/mol. The fraction of sp³-hybridized carbons (Fsp3) is 0.118. The maximum atomic E-state index is 6.16. The average Bonchev–Trinajstić information content (AvgIpc) is 2.80. The summed E-state index contributed by atoms with van der Waals surface area (Å²) < 4.78 is 1.20. The number of nitrogens with zero attached hydrogens (tertiary/aromatic N) is 1. The number of thiazole rings is 1. The predicted molar refractivity (Wildman–Crippen MR) is 94.5 cm³/mol. The van der Waals surface area contributed by atoms with Gasteiger partial charge in [0.25, 0.3) is 0 Å². The summed E-state index contributed by atoms with van der Waals surface area (Å²) in [6, 6.07) is 9.81. The third-order valence-electron chi connectivity index (χ3n) is 3.41. The quantitative estimate of drug-likeness (QED) is 0.529. The highest BCUT2D eigenvalue weighted by atomic mass is 35.5. The van der Waals surface area contributed by atoms with Crippen molar-refractivity contribution in [2.45, 2.75) is 13.8 Å². The Morgan fingerprint density at radius 3 is 2.38 bits per heavy atom. The molecule has 0 fully saturated rings. The predicted octanol–water partition coefficient (Wildman–Crippen LogP) is 6.39. The van der Waals surface area contributed by atoms with E-state index in [4.69, 9.17) is 23.2 Å². The first kappa shape index (κ1) is 14.6. The van der Waals surface area contributed by atoms with Gasteiger partial charge in [0.1, 0.15) is 5.01 Å². The van der Waals surface area contributed by atoms with E-state index in [1.807, 2.05) is 30.4 Å². The Morgan fingerprint density at radius 1 is 1.00 bits per heavy atom. The summed E-state index contributed by atoms with van der Waals surface area (Å²) in [5.74, 6) is 0. The summed E-state index contributed by atoms with van der Waals surface area (Å²) in [5, 5.41) is 2.24. The second-order valence-electron chi connectivity index (χ2n) is 4.92. The SMILES string of the molecule is Cc1cc2nc(C=Cc3c(Cl)cccc3Cl)sc2cc1C.